The highest BCUT2D eigenvalue weighted by molar-refractivity contribution is 7.90. The summed E-state index contributed by atoms with van der Waals surface area (Å²) < 4.78 is 29.4. The lowest BCUT2D eigenvalue weighted by Crippen LogP contribution is -2.32. The molecule has 0 saturated heterocycles. The van der Waals surface area contributed by atoms with E-state index in [2.05, 4.69) is 23.8 Å². The summed E-state index contributed by atoms with van der Waals surface area (Å²) in [7, 11) is -4.07. The largest absolute Gasteiger partial charge is 0.399 e. The van der Waals surface area contributed by atoms with Gasteiger partial charge in [-0.3, -0.25) is 9.48 Å². The Kier molecular flexibility index (Phi) is 5.36. The molecule has 1 saturated carbocycles. The number of sulfonamides is 1. The Morgan fingerprint density at radius 3 is 2.38 bits per heavy atom. The van der Waals surface area contributed by atoms with Gasteiger partial charge in [0, 0.05) is 11.1 Å². The summed E-state index contributed by atoms with van der Waals surface area (Å²) in [5.74, 6) is -0.710. The fourth-order valence-corrected chi connectivity index (χ4v) is 5.00. The molecule has 0 atom stereocenters. The summed E-state index contributed by atoms with van der Waals surface area (Å²) in [6, 6.07) is 11.8. The first-order valence-corrected chi connectivity index (χ1v) is 12.0. The zero-order valence-electron chi connectivity index (χ0n) is 18.8. The van der Waals surface area contributed by atoms with Gasteiger partial charge in [-0.1, -0.05) is 30.7 Å². The van der Waals surface area contributed by atoms with Gasteiger partial charge in [-0.25, -0.2) is 13.1 Å². The Balaban J connectivity index is 1.70. The number of amides is 1. The van der Waals surface area contributed by atoms with Crippen LogP contribution in [0.4, 0.5) is 5.69 Å². The minimum absolute atomic E-state index is 0.0588. The maximum absolute atomic E-state index is 13.1. The fourth-order valence-electron chi connectivity index (χ4n) is 3.98. The van der Waals surface area contributed by atoms with Crippen LogP contribution in [0.2, 0.25) is 0 Å². The van der Waals surface area contributed by atoms with Crippen LogP contribution in [0.3, 0.4) is 0 Å². The highest BCUT2D eigenvalue weighted by Crippen LogP contribution is 2.47. The number of aryl methyl sites for hydroxylation is 3. The van der Waals surface area contributed by atoms with Crippen LogP contribution in [0.25, 0.3) is 0 Å². The number of hydrogen-bond donors (Lipinski definition) is 2. The van der Waals surface area contributed by atoms with Gasteiger partial charge < -0.3 is 5.73 Å². The molecular weight excluding hydrogens is 424 g/mol. The molecule has 0 bridgehead atoms. The standard InChI is InChI=1S/C24H28N4O3S/c1-15-10-16(2)20(17(3)11-15)14-28-21(13-22(26-28)24(4)8-9-24)23(29)27-32(30,31)19-7-5-6-18(25)12-19/h5-7,10-13H,8-9,14,25H2,1-4H3,(H,27,29). The number of anilines is 1. The van der Waals surface area contributed by atoms with E-state index in [1.165, 1.54) is 23.8 Å². The zero-order valence-corrected chi connectivity index (χ0v) is 19.6. The average molecular weight is 453 g/mol. The maximum Gasteiger partial charge on any atom is 0.283 e. The van der Waals surface area contributed by atoms with Crippen molar-refractivity contribution in [3.8, 4) is 0 Å². The molecule has 32 heavy (non-hydrogen) atoms. The smallest absolute Gasteiger partial charge is 0.283 e. The minimum Gasteiger partial charge on any atom is -0.399 e. The van der Waals surface area contributed by atoms with Crippen LogP contribution in [0.1, 0.15) is 58.2 Å². The van der Waals surface area contributed by atoms with Crippen molar-refractivity contribution >= 4 is 21.6 Å². The Labute approximate surface area is 188 Å². The summed E-state index contributed by atoms with van der Waals surface area (Å²) in [5, 5.41) is 4.72. The molecule has 1 aliphatic rings. The van der Waals surface area contributed by atoms with Gasteiger partial charge in [0.05, 0.1) is 17.1 Å². The molecule has 1 fully saturated rings. The lowest BCUT2D eigenvalue weighted by molar-refractivity contribution is 0.0971. The van der Waals surface area contributed by atoms with Gasteiger partial charge in [0.2, 0.25) is 0 Å². The molecule has 7 nitrogen and oxygen atoms in total. The molecule has 0 radical (unpaired) electrons. The van der Waals surface area contributed by atoms with E-state index in [-0.39, 0.29) is 16.0 Å². The summed E-state index contributed by atoms with van der Waals surface area (Å²) in [6.07, 6.45) is 1.99. The molecule has 1 heterocycles. The number of nitrogens with one attached hydrogen (secondary N) is 1. The molecule has 8 heteroatoms. The third kappa shape index (κ3) is 4.27. The van der Waals surface area contributed by atoms with Crippen molar-refractivity contribution in [2.24, 2.45) is 0 Å². The van der Waals surface area contributed by atoms with E-state index < -0.39 is 15.9 Å². The van der Waals surface area contributed by atoms with Crippen molar-refractivity contribution in [2.45, 2.75) is 57.4 Å². The van der Waals surface area contributed by atoms with Gasteiger partial charge in [0.1, 0.15) is 5.69 Å². The monoisotopic (exact) mass is 452 g/mol. The van der Waals surface area contributed by atoms with Gasteiger partial charge in [-0.15, -0.1) is 0 Å². The van der Waals surface area contributed by atoms with Crippen molar-refractivity contribution in [2.75, 3.05) is 5.73 Å². The molecule has 3 aromatic rings. The number of carbonyl (C=O) groups excluding carboxylic acids is 1. The van der Waals surface area contributed by atoms with E-state index in [4.69, 9.17) is 10.8 Å². The van der Waals surface area contributed by atoms with Gasteiger partial charge in [0.25, 0.3) is 15.9 Å². The van der Waals surface area contributed by atoms with Crippen LogP contribution in [-0.2, 0) is 22.0 Å². The second kappa shape index (κ2) is 7.78. The number of carbonyl (C=O) groups is 1. The second-order valence-electron chi connectivity index (χ2n) is 9.02. The van der Waals surface area contributed by atoms with Crippen molar-refractivity contribution in [3.05, 3.63) is 76.1 Å². The zero-order chi connectivity index (χ0) is 23.3. The van der Waals surface area contributed by atoms with Gasteiger partial charge >= 0.3 is 0 Å². The first-order valence-electron chi connectivity index (χ1n) is 10.6. The number of nitrogens with zero attached hydrogens (tertiary/aromatic N) is 2. The predicted octanol–water partition coefficient (Wildman–Crippen LogP) is 3.61. The fraction of sp³-hybridized carbons (Fsp3) is 0.333. The van der Waals surface area contributed by atoms with E-state index in [1.54, 1.807) is 16.8 Å². The Hall–Kier alpha value is -3.13. The molecule has 2 aromatic carbocycles. The van der Waals surface area contributed by atoms with Crippen LogP contribution in [0, 0.1) is 20.8 Å². The van der Waals surface area contributed by atoms with Crippen molar-refractivity contribution < 1.29 is 13.2 Å². The quantitative estimate of drug-likeness (QED) is 0.556. The second-order valence-corrected chi connectivity index (χ2v) is 10.7. The molecule has 4 rings (SSSR count). The first kappa shape index (κ1) is 22.1. The van der Waals surface area contributed by atoms with Crippen LogP contribution < -0.4 is 10.5 Å². The summed E-state index contributed by atoms with van der Waals surface area (Å²) in [4.78, 5) is 13.1. The number of hydrogen-bond acceptors (Lipinski definition) is 5. The summed E-state index contributed by atoms with van der Waals surface area (Å²) in [6.45, 7) is 8.60. The molecule has 0 spiro atoms. The molecule has 0 aliphatic heterocycles. The van der Waals surface area contributed by atoms with Crippen LogP contribution in [0.15, 0.2) is 47.4 Å². The Morgan fingerprint density at radius 2 is 1.78 bits per heavy atom. The number of nitrogen functional groups attached to an aromatic ring is 1. The van der Waals surface area contributed by atoms with Gasteiger partial charge in [-0.2, -0.15) is 5.10 Å². The van der Waals surface area contributed by atoms with Crippen LogP contribution in [0.5, 0.6) is 0 Å². The van der Waals surface area contributed by atoms with Gasteiger partial charge in [-0.05, 0) is 74.6 Å². The predicted molar refractivity (Wildman–Crippen MR) is 124 cm³/mol. The number of nitrogens with two attached hydrogens (primary N) is 1. The maximum atomic E-state index is 13.1. The molecule has 1 aliphatic carbocycles. The average Bonchev–Trinajstić information content (AvgIpc) is 3.30. The van der Waals surface area contributed by atoms with E-state index in [0.29, 0.717) is 12.2 Å². The minimum atomic E-state index is -4.07. The van der Waals surface area contributed by atoms with E-state index in [9.17, 15) is 13.2 Å². The SMILES string of the molecule is Cc1cc(C)c(Cn2nc(C3(C)CC3)cc2C(=O)NS(=O)(=O)c2cccc(N)c2)c(C)c1. The first-order chi connectivity index (χ1) is 15.0. The number of rotatable bonds is 6. The van der Waals surface area contributed by atoms with Crippen molar-refractivity contribution in [1.82, 2.24) is 14.5 Å². The highest BCUT2D eigenvalue weighted by Gasteiger charge is 2.42. The van der Waals surface area contributed by atoms with Crippen LogP contribution in [-0.4, -0.2) is 24.1 Å². The van der Waals surface area contributed by atoms with E-state index in [1.807, 2.05) is 20.8 Å². The van der Waals surface area contributed by atoms with Gasteiger partial charge in [0.15, 0.2) is 0 Å². The summed E-state index contributed by atoms with van der Waals surface area (Å²) >= 11 is 0. The van der Waals surface area contributed by atoms with E-state index >= 15 is 0 Å². The van der Waals surface area contributed by atoms with Crippen molar-refractivity contribution in [3.63, 3.8) is 0 Å². The summed E-state index contributed by atoms with van der Waals surface area (Å²) in [5.41, 5.74) is 11.4. The van der Waals surface area contributed by atoms with Crippen LogP contribution >= 0.6 is 0 Å². The number of aromatic nitrogens is 2. The molecule has 3 N–H and O–H groups in total. The third-order valence-corrected chi connectivity index (χ3v) is 7.50. The third-order valence-electron chi connectivity index (χ3n) is 6.17. The topological polar surface area (TPSA) is 107 Å². The van der Waals surface area contributed by atoms with E-state index in [0.717, 1.165) is 35.2 Å². The molecule has 0 unspecified atom stereocenters. The molecular formula is C24H28N4O3S. The Bertz CT molecular complexity index is 1300. The normalized spacial score (nSPS) is 14.9. The van der Waals surface area contributed by atoms with Crippen molar-refractivity contribution in [1.29, 1.82) is 0 Å². The Morgan fingerprint density at radius 1 is 1.12 bits per heavy atom. The molecule has 1 aromatic heterocycles. The highest BCUT2D eigenvalue weighted by atomic mass is 32.2. The lowest BCUT2D eigenvalue weighted by atomic mass is 10.00. The molecule has 1 amide bonds. The number of benzene rings is 2. The molecule has 168 valence electrons. The lowest BCUT2D eigenvalue weighted by Gasteiger charge is -2.14.